The summed E-state index contributed by atoms with van der Waals surface area (Å²) in [6, 6.07) is 15.9. The van der Waals surface area contributed by atoms with Gasteiger partial charge in [-0.2, -0.15) is 5.10 Å². The Balaban J connectivity index is 2.05. The number of nitrogens with one attached hydrogen (secondary N) is 1. The van der Waals surface area contributed by atoms with Crippen LogP contribution in [0.15, 0.2) is 48.5 Å². The molecule has 1 heterocycles. The van der Waals surface area contributed by atoms with Crippen molar-refractivity contribution in [2.75, 3.05) is 26.1 Å². The lowest BCUT2D eigenvalue weighted by molar-refractivity contribution is 0.414. The van der Waals surface area contributed by atoms with Crippen molar-refractivity contribution < 1.29 is 4.74 Å². The van der Waals surface area contributed by atoms with Crippen LogP contribution in [-0.2, 0) is 0 Å². The van der Waals surface area contributed by atoms with E-state index >= 15 is 0 Å². The molecule has 0 saturated heterocycles. The third-order valence-corrected chi connectivity index (χ3v) is 3.92. The number of H-pyrrole nitrogens is 1. The number of hydrogen-bond acceptors (Lipinski definition) is 4. The fraction of sp³-hybridized carbons (Fsp3) is 0.176. The lowest BCUT2D eigenvalue weighted by atomic mass is 10.2. The zero-order chi connectivity index (χ0) is 16.4. The quantitative estimate of drug-likeness (QED) is 0.743. The van der Waals surface area contributed by atoms with E-state index in [0.29, 0.717) is 4.77 Å². The first-order chi connectivity index (χ1) is 11.1. The molecule has 0 spiro atoms. The van der Waals surface area contributed by atoms with Crippen LogP contribution >= 0.6 is 12.2 Å². The average Bonchev–Trinajstić information content (AvgIpc) is 2.96. The minimum Gasteiger partial charge on any atom is -0.497 e. The predicted molar refractivity (Wildman–Crippen MR) is 95.1 cm³/mol. The lowest BCUT2D eigenvalue weighted by Crippen LogP contribution is -2.08. The van der Waals surface area contributed by atoms with E-state index in [4.69, 9.17) is 17.0 Å². The Bertz CT molecular complexity index is 848. The first-order valence-electron chi connectivity index (χ1n) is 7.20. The second-order valence-corrected chi connectivity index (χ2v) is 5.71. The highest BCUT2D eigenvalue weighted by atomic mass is 32.1. The summed E-state index contributed by atoms with van der Waals surface area (Å²) in [5.74, 6) is 1.59. The van der Waals surface area contributed by atoms with Crippen LogP contribution in [0.1, 0.15) is 0 Å². The number of benzene rings is 2. The van der Waals surface area contributed by atoms with Crippen molar-refractivity contribution in [2.24, 2.45) is 0 Å². The van der Waals surface area contributed by atoms with Crippen LogP contribution in [0, 0.1) is 4.77 Å². The van der Waals surface area contributed by atoms with Gasteiger partial charge >= 0.3 is 0 Å². The van der Waals surface area contributed by atoms with E-state index in [9.17, 15) is 0 Å². The van der Waals surface area contributed by atoms with Gasteiger partial charge in [-0.3, -0.25) is 9.67 Å². The zero-order valence-electron chi connectivity index (χ0n) is 13.3. The molecule has 0 fully saturated rings. The minimum absolute atomic E-state index is 0.557. The standard InChI is InChI=1S/C17H18N4OS/c1-20(2)13-6-4-12(5-7-13)16-18-19-17(23)21(16)14-8-10-15(22-3)11-9-14/h4-11H,1-3H3,(H,19,23). The molecule has 0 aliphatic rings. The smallest absolute Gasteiger partial charge is 0.200 e. The second-order valence-electron chi connectivity index (χ2n) is 5.33. The summed E-state index contributed by atoms with van der Waals surface area (Å²) in [6.45, 7) is 0. The van der Waals surface area contributed by atoms with Gasteiger partial charge in [-0.15, -0.1) is 0 Å². The van der Waals surface area contributed by atoms with Crippen molar-refractivity contribution in [3.63, 3.8) is 0 Å². The van der Waals surface area contributed by atoms with Crippen molar-refractivity contribution in [2.45, 2.75) is 0 Å². The van der Waals surface area contributed by atoms with Crippen LogP contribution in [0.25, 0.3) is 17.1 Å². The molecule has 1 aromatic heterocycles. The minimum atomic E-state index is 0.557. The third-order valence-electron chi connectivity index (χ3n) is 3.64. The Morgan fingerprint density at radius 1 is 1.04 bits per heavy atom. The Morgan fingerprint density at radius 2 is 1.70 bits per heavy atom. The van der Waals surface area contributed by atoms with Gasteiger partial charge in [0.15, 0.2) is 10.6 Å². The maximum absolute atomic E-state index is 5.39. The molecule has 5 nitrogen and oxygen atoms in total. The molecule has 0 aliphatic heterocycles. The van der Waals surface area contributed by atoms with Gasteiger partial charge < -0.3 is 9.64 Å². The molecular weight excluding hydrogens is 308 g/mol. The summed E-state index contributed by atoms with van der Waals surface area (Å²) in [4.78, 5) is 2.06. The summed E-state index contributed by atoms with van der Waals surface area (Å²) >= 11 is 5.39. The highest BCUT2D eigenvalue weighted by molar-refractivity contribution is 7.71. The molecule has 3 rings (SSSR count). The first-order valence-corrected chi connectivity index (χ1v) is 7.60. The van der Waals surface area contributed by atoms with Crippen LogP contribution in [-0.4, -0.2) is 36.0 Å². The van der Waals surface area contributed by atoms with Crippen molar-refractivity contribution in [1.82, 2.24) is 14.8 Å². The molecule has 3 aromatic rings. The number of anilines is 1. The molecule has 0 amide bonds. The molecule has 2 aromatic carbocycles. The molecule has 6 heteroatoms. The van der Waals surface area contributed by atoms with Gasteiger partial charge in [-0.25, -0.2) is 0 Å². The number of hydrogen-bond donors (Lipinski definition) is 1. The largest absolute Gasteiger partial charge is 0.497 e. The van der Waals surface area contributed by atoms with E-state index < -0.39 is 0 Å². The highest BCUT2D eigenvalue weighted by Crippen LogP contribution is 2.24. The van der Waals surface area contributed by atoms with E-state index in [0.717, 1.165) is 28.5 Å². The van der Waals surface area contributed by atoms with Gasteiger partial charge in [0, 0.05) is 25.3 Å². The molecule has 0 atom stereocenters. The summed E-state index contributed by atoms with van der Waals surface area (Å²) in [5.41, 5.74) is 3.08. The van der Waals surface area contributed by atoms with Crippen molar-refractivity contribution in [3.8, 4) is 22.8 Å². The summed E-state index contributed by atoms with van der Waals surface area (Å²) in [7, 11) is 5.68. The summed E-state index contributed by atoms with van der Waals surface area (Å²) in [6.07, 6.45) is 0. The number of aromatic amines is 1. The van der Waals surface area contributed by atoms with Crippen LogP contribution in [0.2, 0.25) is 0 Å². The number of aromatic nitrogens is 3. The Hall–Kier alpha value is -2.60. The maximum Gasteiger partial charge on any atom is 0.200 e. The van der Waals surface area contributed by atoms with Crippen LogP contribution in [0.3, 0.4) is 0 Å². The van der Waals surface area contributed by atoms with Gasteiger partial charge in [0.2, 0.25) is 0 Å². The van der Waals surface area contributed by atoms with Crippen LogP contribution < -0.4 is 9.64 Å². The van der Waals surface area contributed by atoms with Crippen molar-refractivity contribution in [1.29, 1.82) is 0 Å². The Kier molecular flexibility index (Phi) is 4.16. The first kappa shape index (κ1) is 15.3. The predicted octanol–water partition coefficient (Wildman–Crippen LogP) is 3.67. The van der Waals surface area contributed by atoms with E-state index in [1.165, 1.54) is 0 Å². The topological polar surface area (TPSA) is 46.1 Å². The molecule has 23 heavy (non-hydrogen) atoms. The molecule has 0 saturated carbocycles. The fourth-order valence-electron chi connectivity index (χ4n) is 2.37. The van der Waals surface area contributed by atoms with Gasteiger partial charge in [-0.05, 0) is 60.7 Å². The van der Waals surface area contributed by atoms with Gasteiger partial charge in [0.1, 0.15) is 5.75 Å². The summed E-state index contributed by atoms with van der Waals surface area (Å²) < 4.78 is 7.68. The molecule has 0 bridgehead atoms. The number of methoxy groups -OCH3 is 1. The van der Waals surface area contributed by atoms with Crippen LogP contribution in [0.4, 0.5) is 5.69 Å². The SMILES string of the molecule is COc1ccc(-n2c(-c3ccc(N(C)C)cc3)n[nH]c2=S)cc1. The average molecular weight is 326 g/mol. The molecular formula is C17H18N4OS. The molecule has 118 valence electrons. The third kappa shape index (κ3) is 2.98. The highest BCUT2D eigenvalue weighted by Gasteiger charge is 2.11. The molecule has 0 radical (unpaired) electrons. The normalized spacial score (nSPS) is 10.6. The monoisotopic (exact) mass is 326 g/mol. The van der Waals surface area contributed by atoms with Gasteiger partial charge in [-0.1, -0.05) is 0 Å². The van der Waals surface area contributed by atoms with E-state index in [1.807, 2.05) is 55.1 Å². The molecule has 0 aliphatic carbocycles. The van der Waals surface area contributed by atoms with Gasteiger partial charge in [0.05, 0.1) is 12.8 Å². The van der Waals surface area contributed by atoms with Crippen molar-refractivity contribution in [3.05, 3.63) is 53.3 Å². The van der Waals surface area contributed by atoms with E-state index in [-0.39, 0.29) is 0 Å². The van der Waals surface area contributed by atoms with Crippen LogP contribution in [0.5, 0.6) is 5.75 Å². The Morgan fingerprint density at radius 3 is 2.26 bits per heavy atom. The van der Waals surface area contributed by atoms with Gasteiger partial charge in [0.25, 0.3) is 0 Å². The zero-order valence-corrected chi connectivity index (χ0v) is 14.1. The maximum atomic E-state index is 5.39. The van der Waals surface area contributed by atoms with E-state index in [1.54, 1.807) is 7.11 Å². The summed E-state index contributed by atoms with van der Waals surface area (Å²) in [5, 5.41) is 7.25. The second kappa shape index (κ2) is 6.26. The number of nitrogens with zero attached hydrogens (tertiary/aromatic N) is 3. The molecule has 0 unspecified atom stereocenters. The number of rotatable bonds is 4. The number of ether oxygens (including phenoxy) is 1. The van der Waals surface area contributed by atoms with Crippen molar-refractivity contribution >= 4 is 17.9 Å². The Labute approximate surface area is 140 Å². The molecule has 1 N–H and O–H groups in total. The van der Waals surface area contributed by atoms with E-state index in [2.05, 4.69) is 27.2 Å². The fourth-order valence-corrected chi connectivity index (χ4v) is 2.61. The lowest BCUT2D eigenvalue weighted by Gasteiger charge is -2.13.